The van der Waals surface area contributed by atoms with Crippen LogP contribution in [0.25, 0.3) is 11.0 Å². The third kappa shape index (κ3) is 3.74. The molecule has 0 spiro atoms. The minimum absolute atomic E-state index is 0.0362. The Kier molecular flexibility index (Phi) is 4.68. The van der Waals surface area contributed by atoms with Gasteiger partial charge in [-0.1, -0.05) is 20.8 Å². The van der Waals surface area contributed by atoms with Gasteiger partial charge in [0.15, 0.2) is 8.32 Å². The summed E-state index contributed by atoms with van der Waals surface area (Å²) in [6.07, 6.45) is 5.12. The van der Waals surface area contributed by atoms with E-state index >= 15 is 0 Å². The highest BCUT2D eigenvalue weighted by molar-refractivity contribution is 6.74. The number of nitrogens with zero attached hydrogens (tertiary/aromatic N) is 2. The van der Waals surface area contributed by atoms with E-state index in [1.165, 1.54) is 6.07 Å². The van der Waals surface area contributed by atoms with Crippen LogP contribution < -0.4 is 0 Å². The molecule has 2 atom stereocenters. The second-order valence-corrected chi connectivity index (χ2v) is 12.8. The van der Waals surface area contributed by atoms with Crippen LogP contribution in [-0.2, 0) is 4.43 Å². The number of rotatable bonds is 5. The van der Waals surface area contributed by atoms with Crippen molar-refractivity contribution in [1.29, 1.82) is 0 Å². The lowest BCUT2D eigenvalue weighted by molar-refractivity contribution is 0.168. The lowest BCUT2D eigenvalue weighted by Gasteiger charge is -2.39. The molecule has 1 aliphatic heterocycles. The van der Waals surface area contributed by atoms with Crippen LogP contribution in [0.1, 0.15) is 38.9 Å². The van der Waals surface area contributed by atoms with Gasteiger partial charge in [0.2, 0.25) is 0 Å². The van der Waals surface area contributed by atoms with Crippen LogP contribution in [0.2, 0.25) is 18.1 Å². The fraction of sp³-hybridized carbons (Fsp3) is 0.474. The highest BCUT2D eigenvalue weighted by atomic mass is 28.4. The van der Waals surface area contributed by atoms with E-state index in [0.717, 1.165) is 5.39 Å². The smallest absolute Gasteiger partial charge is 0.192 e. The van der Waals surface area contributed by atoms with Crippen LogP contribution in [-0.4, -0.2) is 26.9 Å². The second-order valence-electron chi connectivity index (χ2n) is 8.06. The SMILES string of the molecule is CC(C)(C)[Si](C)(C)O[C@@H](C[C@H]1C=NC=N1)c1cc2ccoc2cc1F. The Balaban J connectivity index is 1.98. The average Bonchev–Trinajstić information content (AvgIpc) is 3.15. The molecule has 0 aliphatic carbocycles. The van der Waals surface area contributed by atoms with Gasteiger partial charge in [-0.15, -0.1) is 0 Å². The summed E-state index contributed by atoms with van der Waals surface area (Å²) >= 11 is 0. The van der Waals surface area contributed by atoms with Crippen molar-refractivity contribution in [3.8, 4) is 0 Å². The Morgan fingerprint density at radius 3 is 2.72 bits per heavy atom. The van der Waals surface area contributed by atoms with E-state index < -0.39 is 8.32 Å². The molecule has 0 saturated heterocycles. The monoisotopic (exact) mass is 360 g/mol. The molecule has 3 rings (SSSR count). The van der Waals surface area contributed by atoms with Crippen LogP contribution in [0, 0.1) is 5.82 Å². The Morgan fingerprint density at radius 1 is 1.32 bits per heavy atom. The van der Waals surface area contributed by atoms with E-state index in [4.69, 9.17) is 8.84 Å². The molecule has 6 heteroatoms. The summed E-state index contributed by atoms with van der Waals surface area (Å²) in [5.41, 5.74) is 1.11. The Labute approximate surface area is 148 Å². The minimum atomic E-state index is -2.08. The maximum absolute atomic E-state index is 14.8. The van der Waals surface area contributed by atoms with Crippen LogP contribution >= 0.6 is 0 Å². The first-order chi connectivity index (χ1) is 11.7. The fourth-order valence-corrected chi connectivity index (χ4v) is 3.95. The van der Waals surface area contributed by atoms with Crippen molar-refractivity contribution >= 4 is 31.8 Å². The Bertz CT molecular complexity index is 808. The number of hydrogen-bond acceptors (Lipinski definition) is 4. The van der Waals surface area contributed by atoms with Crippen molar-refractivity contribution in [2.45, 2.75) is 57.5 Å². The van der Waals surface area contributed by atoms with Gasteiger partial charge in [0, 0.05) is 29.7 Å². The summed E-state index contributed by atoms with van der Waals surface area (Å²) in [6, 6.07) is 5.05. The number of hydrogen-bond donors (Lipinski definition) is 0. The quantitative estimate of drug-likeness (QED) is 0.660. The van der Waals surface area contributed by atoms with Crippen LogP contribution in [0.15, 0.2) is 38.9 Å². The lowest BCUT2D eigenvalue weighted by Crippen LogP contribution is -2.42. The molecule has 1 aromatic carbocycles. The first kappa shape index (κ1) is 18.0. The van der Waals surface area contributed by atoms with Gasteiger partial charge in [-0.25, -0.2) is 9.38 Å². The predicted molar refractivity (Wildman–Crippen MR) is 103 cm³/mol. The zero-order valence-electron chi connectivity index (χ0n) is 15.4. The first-order valence-electron chi connectivity index (χ1n) is 8.57. The van der Waals surface area contributed by atoms with E-state index in [2.05, 4.69) is 43.9 Å². The van der Waals surface area contributed by atoms with Gasteiger partial charge in [-0.05, 0) is 30.3 Å². The maximum atomic E-state index is 14.8. The largest absolute Gasteiger partial charge is 0.464 e. The molecule has 0 saturated carbocycles. The molecule has 2 aromatic rings. The van der Waals surface area contributed by atoms with Crippen molar-refractivity contribution in [3.05, 3.63) is 35.8 Å². The summed E-state index contributed by atoms with van der Waals surface area (Å²) in [4.78, 5) is 8.37. The molecule has 4 nitrogen and oxygen atoms in total. The normalized spacial score (nSPS) is 19.0. The van der Waals surface area contributed by atoms with Crippen molar-refractivity contribution in [3.63, 3.8) is 0 Å². The number of fused-ring (bicyclic) bond motifs is 1. The molecule has 1 aromatic heterocycles. The highest BCUT2D eigenvalue weighted by Crippen LogP contribution is 2.42. The van der Waals surface area contributed by atoms with E-state index in [0.29, 0.717) is 17.6 Å². The minimum Gasteiger partial charge on any atom is -0.464 e. The van der Waals surface area contributed by atoms with Crippen molar-refractivity contribution < 1.29 is 13.2 Å². The lowest BCUT2D eigenvalue weighted by atomic mass is 10.0. The number of aliphatic imine (C=N–C) groups is 2. The van der Waals surface area contributed by atoms with Crippen molar-refractivity contribution in [2.24, 2.45) is 9.98 Å². The highest BCUT2D eigenvalue weighted by Gasteiger charge is 2.40. The standard InChI is InChI=1S/C19H25FN2O2Si/c1-19(2,3)25(4,5)24-18(9-14-11-21-12-22-14)15-8-13-6-7-23-17(13)10-16(15)20/h6-8,10-12,14,18H,9H2,1-5H3/t14-,18-/m0/s1. The van der Waals surface area contributed by atoms with Crippen molar-refractivity contribution in [2.75, 3.05) is 0 Å². The zero-order chi connectivity index (χ0) is 18.2. The summed E-state index contributed by atoms with van der Waals surface area (Å²) in [5, 5.41) is 0.915. The summed E-state index contributed by atoms with van der Waals surface area (Å²) in [7, 11) is -2.08. The fourth-order valence-electron chi connectivity index (χ4n) is 2.66. The Hall–Kier alpha value is -1.79. The topological polar surface area (TPSA) is 47.1 Å². The number of furan rings is 1. The second kappa shape index (κ2) is 6.50. The van der Waals surface area contributed by atoms with E-state index in [9.17, 15) is 4.39 Å². The molecule has 134 valence electrons. The van der Waals surface area contributed by atoms with Gasteiger partial charge in [0.25, 0.3) is 0 Å². The molecule has 1 aliphatic rings. The van der Waals surface area contributed by atoms with Crippen LogP contribution in [0.5, 0.6) is 0 Å². The Morgan fingerprint density at radius 2 is 2.08 bits per heavy atom. The molecule has 25 heavy (non-hydrogen) atoms. The van der Waals surface area contributed by atoms with Gasteiger partial charge in [-0.2, -0.15) is 0 Å². The third-order valence-electron chi connectivity index (χ3n) is 5.20. The molecule has 0 amide bonds. The van der Waals surface area contributed by atoms with Gasteiger partial charge in [-0.3, -0.25) is 4.99 Å². The van der Waals surface area contributed by atoms with E-state index in [1.807, 2.05) is 12.1 Å². The molecule has 0 unspecified atom stereocenters. The summed E-state index contributed by atoms with van der Waals surface area (Å²) < 4.78 is 26.7. The van der Waals surface area contributed by atoms with Gasteiger partial charge in [0.05, 0.1) is 18.4 Å². The first-order valence-corrected chi connectivity index (χ1v) is 11.5. The van der Waals surface area contributed by atoms with Gasteiger partial charge >= 0.3 is 0 Å². The van der Waals surface area contributed by atoms with Gasteiger partial charge < -0.3 is 8.84 Å². The number of benzene rings is 1. The van der Waals surface area contributed by atoms with Crippen LogP contribution in [0.3, 0.4) is 0 Å². The summed E-state index contributed by atoms with van der Waals surface area (Å²) in [5.74, 6) is -0.301. The number of halogens is 1. The molecule has 0 N–H and O–H groups in total. The van der Waals surface area contributed by atoms with E-state index in [-0.39, 0.29) is 23.0 Å². The predicted octanol–water partition coefficient (Wildman–Crippen LogP) is 5.51. The molecule has 0 fully saturated rings. The van der Waals surface area contributed by atoms with Crippen molar-refractivity contribution in [1.82, 2.24) is 0 Å². The third-order valence-corrected chi connectivity index (χ3v) is 9.69. The van der Waals surface area contributed by atoms with Gasteiger partial charge in [0.1, 0.15) is 17.7 Å². The molecular weight excluding hydrogens is 335 g/mol. The molecule has 0 radical (unpaired) electrons. The average molecular weight is 361 g/mol. The van der Waals surface area contributed by atoms with E-state index in [1.54, 1.807) is 18.8 Å². The molecular formula is C19H25FN2O2Si. The molecule has 0 bridgehead atoms. The van der Waals surface area contributed by atoms with Crippen LogP contribution in [0.4, 0.5) is 4.39 Å². The molecule has 2 heterocycles. The zero-order valence-corrected chi connectivity index (χ0v) is 16.4. The summed E-state index contributed by atoms with van der Waals surface area (Å²) in [6.45, 7) is 10.9. The maximum Gasteiger partial charge on any atom is 0.192 e.